The van der Waals surface area contributed by atoms with Crippen molar-refractivity contribution in [1.29, 1.82) is 0 Å². The Labute approximate surface area is 96.6 Å². The van der Waals surface area contributed by atoms with Gasteiger partial charge in [0.2, 0.25) is 0 Å². The summed E-state index contributed by atoms with van der Waals surface area (Å²) in [6.45, 7) is 12.2. The third-order valence-electron chi connectivity index (χ3n) is 1.97. The summed E-state index contributed by atoms with van der Waals surface area (Å²) >= 11 is 0. The van der Waals surface area contributed by atoms with Crippen molar-refractivity contribution in [1.82, 2.24) is 0 Å². The Hall–Kier alpha value is 0.491. The first kappa shape index (κ1) is 15.5. The molecule has 0 aliphatic heterocycles. The molecule has 0 saturated carbocycles. The van der Waals surface area contributed by atoms with Crippen LogP contribution in [0.1, 0.15) is 0 Å². The van der Waals surface area contributed by atoms with E-state index in [1.165, 1.54) is 0 Å². The van der Waals surface area contributed by atoms with E-state index in [2.05, 4.69) is 0 Å². The van der Waals surface area contributed by atoms with E-state index < -0.39 is 25.7 Å². The maximum Gasteiger partial charge on any atom is 0.322 e. The van der Waals surface area contributed by atoms with Crippen LogP contribution in [0.15, 0.2) is 0 Å². The molecule has 0 aromatic carbocycles. The van der Waals surface area contributed by atoms with E-state index in [1.807, 2.05) is 39.3 Å². The van der Waals surface area contributed by atoms with Gasteiger partial charge < -0.3 is 17.1 Å². The lowest BCUT2D eigenvalue weighted by Gasteiger charge is -2.36. The van der Waals surface area contributed by atoms with Crippen LogP contribution >= 0.6 is 0 Å². The highest BCUT2D eigenvalue weighted by molar-refractivity contribution is 6.84. The van der Waals surface area contributed by atoms with Crippen LogP contribution in [0.4, 0.5) is 0 Å². The molecular formula is C8H24O4Si3. The lowest BCUT2D eigenvalue weighted by Crippen LogP contribution is -2.53. The molecule has 0 spiro atoms. The van der Waals surface area contributed by atoms with Crippen LogP contribution in [0.5, 0.6) is 0 Å². The second-order valence-corrected chi connectivity index (χ2v) is 15.7. The molecule has 0 radical (unpaired) electrons. The highest BCUT2D eigenvalue weighted by Crippen LogP contribution is 2.20. The summed E-state index contributed by atoms with van der Waals surface area (Å²) in [7, 11) is -2.81. The molecule has 4 nitrogen and oxygen atoms in total. The fraction of sp³-hybridized carbons (Fsp3) is 1.00. The molecule has 0 amide bonds. The average molecular weight is 269 g/mol. The predicted octanol–water partition coefficient (Wildman–Crippen LogP) is 2.42. The average Bonchev–Trinajstić information content (AvgIpc) is 2.00. The summed E-state index contributed by atoms with van der Waals surface area (Å²) in [5.74, 6) is 0. The van der Waals surface area contributed by atoms with E-state index in [9.17, 15) is 0 Å². The van der Waals surface area contributed by atoms with Gasteiger partial charge in [0.05, 0.1) is 0 Å². The van der Waals surface area contributed by atoms with E-state index in [4.69, 9.17) is 17.1 Å². The van der Waals surface area contributed by atoms with Gasteiger partial charge in [-0.05, 0) is 39.3 Å². The van der Waals surface area contributed by atoms with Gasteiger partial charge in [-0.1, -0.05) is 0 Å². The van der Waals surface area contributed by atoms with Crippen LogP contribution in [0.3, 0.4) is 0 Å². The van der Waals surface area contributed by atoms with Gasteiger partial charge in [0.15, 0.2) is 0 Å². The zero-order chi connectivity index (χ0) is 12.3. The lowest BCUT2D eigenvalue weighted by atomic mass is 11.8. The summed E-state index contributed by atoms with van der Waals surface area (Å²) in [4.78, 5) is 0. The minimum atomic E-state index is -2.14. The van der Waals surface area contributed by atoms with Gasteiger partial charge in [-0.15, -0.1) is 0 Å². The predicted molar refractivity (Wildman–Crippen MR) is 68.6 cm³/mol. The highest BCUT2D eigenvalue weighted by atomic mass is 28.5. The molecule has 7 heteroatoms. The molecular weight excluding hydrogens is 244 g/mol. The van der Waals surface area contributed by atoms with Crippen molar-refractivity contribution in [2.45, 2.75) is 39.3 Å². The SMILES string of the molecule is CO[Si](C)(C)O[Si](C)(C)O[Si](C)(C)OC. The molecule has 0 fully saturated rings. The molecule has 0 N–H and O–H groups in total. The Morgan fingerprint density at radius 1 is 0.533 bits per heavy atom. The lowest BCUT2D eigenvalue weighted by molar-refractivity contribution is 0.248. The smallest absolute Gasteiger partial charge is 0.322 e. The van der Waals surface area contributed by atoms with Crippen molar-refractivity contribution in [3.05, 3.63) is 0 Å². The summed E-state index contributed by atoms with van der Waals surface area (Å²) in [6.07, 6.45) is 0. The van der Waals surface area contributed by atoms with Gasteiger partial charge in [-0.2, -0.15) is 0 Å². The molecule has 0 atom stereocenters. The fourth-order valence-electron chi connectivity index (χ4n) is 1.29. The number of rotatable bonds is 6. The molecule has 15 heavy (non-hydrogen) atoms. The molecule has 0 bridgehead atoms. The summed E-state index contributed by atoms with van der Waals surface area (Å²) in [5, 5.41) is 0. The fourth-order valence-corrected chi connectivity index (χ4v) is 12.0. The van der Waals surface area contributed by atoms with Gasteiger partial charge in [0, 0.05) is 14.2 Å². The van der Waals surface area contributed by atoms with Crippen molar-refractivity contribution >= 4 is 25.7 Å². The Kier molecular flexibility index (Phi) is 5.38. The Morgan fingerprint density at radius 2 is 0.800 bits per heavy atom. The van der Waals surface area contributed by atoms with Crippen LogP contribution < -0.4 is 0 Å². The molecule has 0 aliphatic carbocycles. The molecule has 0 aromatic rings. The molecule has 0 aliphatic rings. The number of hydrogen-bond donors (Lipinski definition) is 0. The maximum absolute atomic E-state index is 6.00. The first-order chi connectivity index (χ1) is 6.54. The minimum Gasteiger partial charge on any atom is -0.415 e. The summed E-state index contributed by atoms with van der Waals surface area (Å²) < 4.78 is 22.7. The van der Waals surface area contributed by atoms with Crippen molar-refractivity contribution in [2.75, 3.05) is 14.2 Å². The minimum absolute atomic E-state index is 1.69. The van der Waals surface area contributed by atoms with E-state index in [0.29, 0.717) is 0 Å². The number of hydrogen-bond acceptors (Lipinski definition) is 4. The Bertz CT molecular complexity index is 186. The maximum atomic E-state index is 6.00. The van der Waals surface area contributed by atoms with Crippen LogP contribution in [0, 0.1) is 0 Å². The van der Waals surface area contributed by atoms with Crippen molar-refractivity contribution in [3.8, 4) is 0 Å². The normalized spacial score (nSPS) is 14.4. The molecule has 0 heterocycles. The van der Waals surface area contributed by atoms with Gasteiger partial charge in [-0.3, -0.25) is 0 Å². The molecule has 0 rings (SSSR count). The topological polar surface area (TPSA) is 36.9 Å². The van der Waals surface area contributed by atoms with Gasteiger partial charge >= 0.3 is 25.7 Å². The van der Waals surface area contributed by atoms with E-state index in [0.717, 1.165) is 0 Å². The second kappa shape index (κ2) is 5.21. The molecule has 0 saturated heterocycles. The standard InChI is InChI=1S/C8H24O4Si3/c1-9-13(3,4)11-15(7,8)12-14(5,6)10-2/h1-8H3. The summed E-state index contributed by atoms with van der Waals surface area (Å²) in [5.41, 5.74) is 0. The van der Waals surface area contributed by atoms with Crippen LogP contribution in [-0.4, -0.2) is 39.9 Å². The Morgan fingerprint density at radius 3 is 1.00 bits per heavy atom. The first-order valence-electron chi connectivity index (χ1n) is 5.04. The molecule has 0 aromatic heterocycles. The first-order valence-corrected chi connectivity index (χ1v) is 13.5. The zero-order valence-electron chi connectivity index (χ0n) is 11.1. The van der Waals surface area contributed by atoms with Crippen molar-refractivity contribution < 1.29 is 17.1 Å². The second-order valence-electron chi connectivity index (χ2n) is 4.81. The van der Waals surface area contributed by atoms with Crippen molar-refractivity contribution in [2.24, 2.45) is 0 Å². The highest BCUT2D eigenvalue weighted by Gasteiger charge is 2.40. The van der Waals surface area contributed by atoms with Gasteiger partial charge in [0.25, 0.3) is 0 Å². The third kappa shape index (κ3) is 6.61. The molecule has 92 valence electrons. The zero-order valence-corrected chi connectivity index (χ0v) is 14.1. The van der Waals surface area contributed by atoms with Gasteiger partial charge in [0.1, 0.15) is 0 Å². The molecule has 0 unspecified atom stereocenters. The van der Waals surface area contributed by atoms with Gasteiger partial charge in [-0.25, -0.2) is 0 Å². The van der Waals surface area contributed by atoms with Crippen LogP contribution in [-0.2, 0) is 17.1 Å². The van der Waals surface area contributed by atoms with E-state index in [1.54, 1.807) is 14.2 Å². The van der Waals surface area contributed by atoms with E-state index >= 15 is 0 Å². The largest absolute Gasteiger partial charge is 0.415 e. The quantitative estimate of drug-likeness (QED) is 0.693. The Balaban J connectivity index is 4.43. The summed E-state index contributed by atoms with van der Waals surface area (Å²) in [6, 6.07) is 0. The third-order valence-corrected chi connectivity index (χ3v) is 11.8. The van der Waals surface area contributed by atoms with Crippen molar-refractivity contribution in [3.63, 3.8) is 0 Å². The monoisotopic (exact) mass is 268 g/mol. The van der Waals surface area contributed by atoms with E-state index in [-0.39, 0.29) is 0 Å². The van der Waals surface area contributed by atoms with Crippen LogP contribution in [0.2, 0.25) is 39.3 Å². The van der Waals surface area contributed by atoms with Crippen LogP contribution in [0.25, 0.3) is 0 Å².